The summed E-state index contributed by atoms with van der Waals surface area (Å²) in [6, 6.07) is 5.42. The minimum absolute atomic E-state index is 0.0969. The van der Waals surface area contributed by atoms with Crippen LogP contribution < -0.4 is 5.32 Å². The molecular formula is C14H22N2O2. The molecule has 0 fully saturated rings. The van der Waals surface area contributed by atoms with Crippen molar-refractivity contribution in [1.82, 2.24) is 5.32 Å². The number of aryl methyl sites for hydroxylation is 1. The largest absolute Gasteiger partial charge is 0.307 e. The molecule has 0 radical (unpaired) electrons. The Kier molecular flexibility index (Phi) is 4.84. The molecule has 100 valence electrons. The van der Waals surface area contributed by atoms with Crippen molar-refractivity contribution in [3.05, 3.63) is 39.4 Å². The number of benzene rings is 1. The van der Waals surface area contributed by atoms with Crippen LogP contribution in [0, 0.1) is 17.0 Å². The predicted molar refractivity (Wildman–Crippen MR) is 73.7 cm³/mol. The molecule has 0 saturated carbocycles. The highest BCUT2D eigenvalue weighted by molar-refractivity contribution is 5.42. The molecular weight excluding hydrogens is 228 g/mol. The molecule has 0 aromatic heterocycles. The monoisotopic (exact) mass is 250 g/mol. The molecule has 0 saturated heterocycles. The van der Waals surface area contributed by atoms with Crippen molar-refractivity contribution in [2.75, 3.05) is 0 Å². The number of nitrogens with zero attached hydrogens (tertiary/aromatic N) is 1. The van der Waals surface area contributed by atoms with E-state index in [1.807, 2.05) is 12.1 Å². The summed E-state index contributed by atoms with van der Waals surface area (Å²) in [4.78, 5) is 10.6. The van der Waals surface area contributed by atoms with E-state index in [-0.39, 0.29) is 16.1 Å². The molecule has 0 atom stereocenters. The lowest BCUT2D eigenvalue weighted by Crippen LogP contribution is -2.40. The SMILES string of the molecule is CCC(C)(CC)NCc1ccc(C)c([N+](=O)[O-])c1. The zero-order chi connectivity index (χ0) is 13.8. The molecule has 0 bridgehead atoms. The average Bonchev–Trinajstić information content (AvgIpc) is 2.37. The lowest BCUT2D eigenvalue weighted by atomic mass is 9.95. The molecule has 18 heavy (non-hydrogen) atoms. The molecule has 0 aliphatic heterocycles. The van der Waals surface area contributed by atoms with Gasteiger partial charge in [-0.25, -0.2) is 0 Å². The van der Waals surface area contributed by atoms with Gasteiger partial charge in [-0.05, 0) is 32.3 Å². The van der Waals surface area contributed by atoms with Crippen molar-refractivity contribution in [1.29, 1.82) is 0 Å². The molecule has 0 heterocycles. The van der Waals surface area contributed by atoms with Gasteiger partial charge in [0.05, 0.1) is 4.92 Å². The number of nitro benzene ring substituents is 1. The number of hydrogen-bond donors (Lipinski definition) is 1. The fraction of sp³-hybridized carbons (Fsp3) is 0.571. The van der Waals surface area contributed by atoms with E-state index in [1.165, 1.54) is 0 Å². The third kappa shape index (κ3) is 3.53. The van der Waals surface area contributed by atoms with Crippen LogP contribution in [-0.2, 0) is 6.54 Å². The third-order valence-corrected chi connectivity index (χ3v) is 3.75. The van der Waals surface area contributed by atoms with Crippen LogP contribution in [0.4, 0.5) is 5.69 Å². The molecule has 0 unspecified atom stereocenters. The maximum atomic E-state index is 10.9. The normalized spacial score (nSPS) is 11.6. The third-order valence-electron chi connectivity index (χ3n) is 3.75. The van der Waals surface area contributed by atoms with Crippen molar-refractivity contribution in [3.8, 4) is 0 Å². The van der Waals surface area contributed by atoms with Crippen LogP contribution in [0.2, 0.25) is 0 Å². The van der Waals surface area contributed by atoms with Crippen molar-refractivity contribution in [3.63, 3.8) is 0 Å². The Hall–Kier alpha value is -1.42. The Bertz CT molecular complexity index is 426. The number of hydrogen-bond acceptors (Lipinski definition) is 3. The van der Waals surface area contributed by atoms with E-state index < -0.39 is 0 Å². The second kappa shape index (κ2) is 5.96. The van der Waals surface area contributed by atoms with Crippen LogP contribution in [0.25, 0.3) is 0 Å². The average molecular weight is 250 g/mol. The van der Waals surface area contributed by atoms with Gasteiger partial charge in [0.15, 0.2) is 0 Å². The van der Waals surface area contributed by atoms with E-state index in [4.69, 9.17) is 0 Å². The maximum Gasteiger partial charge on any atom is 0.272 e. The first kappa shape index (κ1) is 14.6. The van der Waals surface area contributed by atoms with Crippen molar-refractivity contribution >= 4 is 5.69 Å². The van der Waals surface area contributed by atoms with Crippen LogP contribution in [0.5, 0.6) is 0 Å². The summed E-state index contributed by atoms with van der Waals surface area (Å²) in [5, 5.41) is 14.3. The van der Waals surface area contributed by atoms with Crippen LogP contribution in [0.1, 0.15) is 44.7 Å². The van der Waals surface area contributed by atoms with Crippen molar-refractivity contribution in [2.24, 2.45) is 0 Å². The van der Waals surface area contributed by atoms with E-state index in [9.17, 15) is 10.1 Å². The highest BCUT2D eigenvalue weighted by Crippen LogP contribution is 2.20. The van der Waals surface area contributed by atoms with Crippen LogP contribution in [0.3, 0.4) is 0 Å². The van der Waals surface area contributed by atoms with Gasteiger partial charge in [-0.15, -0.1) is 0 Å². The summed E-state index contributed by atoms with van der Waals surface area (Å²) >= 11 is 0. The molecule has 1 aromatic carbocycles. The van der Waals surface area contributed by atoms with Crippen LogP contribution in [-0.4, -0.2) is 10.5 Å². The summed E-state index contributed by atoms with van der Waals surface area (Å²) in [7, 11) is 0. The van der Waals surface area contributed by atoms with E-state index >= 15 is 0 Å². The summed E-state index contributed by atoms with van der Waals surface area (Å²) in [5.41, 5.74) is 1.96. The zero-order valence-corrected chi connectivity index (χ0v) is 11.6. The Balaban J connectivity index is 2.80. The van der Waals surface area contributed by atoms with Crippen molar-refractivity contribution < 1.29 is 4.92 Å². The molecule has 0 aliphatic carbocycles. The van der Waals surface area contributed by atoms with Gasteiger partial charge in [0.2, 0.25) is 0 Å². The molecule has 1 rings (SSSR count). The highest BCUT2D eigenvalue weighted by atomic mass is 16.6. The predicted octanol–water partition coefficient (Wildman–Crippen LogP) is 3.57. The molecule has 4 nitrogen and oxygen atoms in total. The molecule has 4 heteroatoms. The van der Waals surface area contributed by atoms with Gasteiger partial charge < -0.3 is 5.32 Å². The van der Waals surface area contributed by atoms with Gasteiger partial charge in [-0.3, -0.25) is 10.1 Å². The minimum Gasteiger partial charge on any atom is -0.307 e. The molecule has 0 amide bonds. The first-order chi connectivity index (χ1) is 8.41. The maximum absolute atomic E-state index is 10.9. The molecule has 0 aliphatic rings. The standard InChI is InChI=1S/C14H22N2O2/c1-5-14(4,6-2)15-10-12-8-7-11(3)13(9-12)16(17)18/h7-9,15H,5-6,10H2,1-4H3. The minimum atomic E-state index is -0.322. The Morgan fingerprint density at radius 1 is 1.33 bits per heavy atom. The van der Waals surface area contributed by atoms with Gasteiger partial charge >= 0.3 is 0 Å². The first-order valence-corrected chi connectivity index (χ1v) is 6.41. The topological polar surface area (TPSA) is 55.2 Å². The first-order valence-electron chi connectivity index (χ1n) is 6.41. The lowest BCUT2D eigenvalue weighted by molar-refractivity contribution is -0.385. The van der Waals surface area contributed by atoms with Gasteiger partial charge in [-0.2, -0.15) is 0 Å². The molecule has 1 N–H and O–H groups in total. The van der Waals surface area contributed by atoms with E-state index in [0.29, 0.717) is 12.1 Å². The van der Waals surface area contributed by atoms with Crippen LogP contribution >= 0.6 is 0 Å². The van der Waals surface area contributed by atoms with E-state index in [2.05, 4.69) is 26.1 Å². The summed E-state index contributed by atoms with van der Waals surface area (Å²) in [6.07, 6.45) is 2.08. The fourth-order valence-electron chi connectivity index (χ4n) is 1.78. The highest BCUT2D eigenvalue weighted by Gasteiger charge is 2.19. The summed E-state index contributed by atoms with van der Waals surface area (Å²) in [6.45, 7) is 8.90. The van der Waals surface area contributed by atoms with E-state index in [1.54, 1.807) is 13.0 Å². The number of rotatable bonds is 6. The Labute approximate surface area is 109 Å². The Morgan fingerprint density at radius 2 is 1.94 bits per heavy atom. The Morgan fingerprint density at radius 3 is 2.44 bits per heavy atom. The van der Waals surface area contributed by atoms with Crippen LogP contribution in [0.15, 0.2) is 18.2 Å². The van der Waals surface area contributed by atoms with Gasteiger partial charge in [0, 0.05) is 23.7 Å². The second-order valence-electron chi connectivity index (χ2n) is 5.00. The fourth-order valence-corrected chi connectivity index (χ4v) is 1.78. The summed E-state index contributed by atoms with van der Waals surface area (Å²) < 4.78 is 0. The molecule has 0 spiro atoms. The van der Waals surface area contributed by atoms with Gasteiger partial charge in [0.1, 0.15) is 0 Å². The number of nitrogens with one attached hydrogen (secondary N) is 1. The summed E-state index contributed by atoms with van der Waals surface area (Å²) in [5.74, 6) is 0. The lowest BCUT2D eigenvalue weighted by Gasteiger charge is -2.28. The second-order valence-corrected chi connectivity index (χ2v) is 5.00. The van der Waals surface area contributed by atoms with Gasteiger partial charge in [0.25, 0.3) is 5.69 Å². The van der Waals surface area contributed by atoms with Gasteiger partial charge in [-0.1, -0.05) is 26.0 Å². The zero-order valence-electron chi connectivity index (χ0n) is 11.6. The smallest absolute Gasteiger partial charge is 0.272 e. The van der Waals surface area contributed by atoms with Crippen molar-refractivity contribution in [2.45, 2.75) is 52.6 Å². The molecule has 1 aromatic rings. The number of nitro groups is 1. The quantitative estimate of drug-likeness (QED) is 0.620. The van der Waals surface area contributed by atoms with E-state index in [0.717, 1.165) is 18.4 Å².